The second kappa shape index (κ2) is 9.86. The highest BCUT2D eigenvalue weighted by Crippen LogP contribution is 2.31. The van der Waals surface area contributed by atoms with Crippen molar-refractivity contribution in [3.05, 3.63) is 77.6 Å². The molecule has 4 rings (SSSR count). The maximum atomic E-state index is 13.0. The molecule has 32 heavy (non-hydrogen) atoms. The molecule has 3 aromatic rings. The van der Waals surface area contributed by atoms with E-state index < -0.39 is 0 Å². The molecular formula is C27H30N2O3. The van der Waals surface area contributed by atoms with E-state index in [4.69, 9.17) is 14.5 Å². The Morgan fingerprint density at radius 3 is 2.53 bits per heavy atom. The van der Waals surface area contributed by atoms with Crippen molar-refractivity contribution in [3.8, 4) is 22.6 Å². The van der Waals surface area contributed by atoms with E-state index in [0.717, 1.165) is 59.0 Å². The molecule has 1 atom stereocenters. The van der Waals surface area contributed by atoms with Crippen LogP contribution < -0.4 is 9.47 Å². The van der Waals surface area contributed by atoms with Gasteiger partial charge in [0.1, 0.15) is 11.5 Å². The van der Waals surface area contributed by atoms with E-state index >= 15 is 0 Å². The molecule has 0 saturated carbocycles. The van der Waals surface area contributed by atoms with E-state index in [1.807, 2.05) is 54.3 Å². The van der Waals surface area contributed by atoms with Gasteiger partial charge in [0.25, 0.3) is 0 Å². The van der Waals surface area contributed by atoms with Crippen molar-refractivity contribution in [2.24, 2.45) is 0 Å². The van der Waals surface area contributed by atoms with Crippen molar-refractivity contribution in [1.82, 2.24) is 9.88 Å². The minimum absolute atomic E-state index is 0.156. The molecule has 1 aliphatic heterocycles. The van der Waals surface area contributed by atoms with Gasteiger partial charge in [-0.15, -0.1) is 0 Å². The van der Waals surface area contributed by atoms with E-state index in [1.165, 1.54) is 0 Å². The van der Waals surface area contributed by atoms with Crippen LogP contribution in [0.4, 0.5) is 0 Å². The molecule has 0 aliphatic carbocycles. The molecule has 1 aromatic heterocycles. The fourth-order valence-electron chi connectivity index (χ4n) is 4.39. The summed E-state index contributed by atoms with van der Waals surface area (Å²) in [6.45, 7) is 3.53. The zero-order chi connectivity index (χ0) is 22.5. The molecule has 1 fully saturated rings. The van der Waals surface area contributed by atoms with E-state index in [0.29, 0.717) is 13.0 Å². The lowest BCUT2D eigenvalue weighted by Crippen LogP contribution is -2.40. The molecule has 1 amide bonds. The van der Waals surface area contributed by atoms with Gasteiger partial charge >= 0.3 is 0 Å². The number of benzene rings is 2. The van der Waals surface area contributed by atoms with Crippen LogP contribution in [0.15, 0.2) is 60.7 Å². The largest absolute Gasteiger partial charge is 0.497 e. The highest BCUT2D eigenvalue weighted by Gasteiger charge is 2.26. The van der Waals surface area contributed by atoms with Crippen molar-refractivity contribution < 1.29 is 14.3 Å². The Labute approximate surface area is 190 Å². The van der Waals surface area contributed by atoms with Gasteiger partial charge < -0.3 is 14.4 Å². The summed E-state index contributed by atoms with van der Waals surface area (Å²) < 4.78 is 10.7. The van der Waals surface area contributed by atoms with Gasteiger partial charge in [0.2, 0.25) is 5.91 Å². The number of carbonyl (C=O) groups is 1. The van der Waals surface area contributed by atoms with Crippen LogP contribution in [-0.4, -0.2) is 43.1 Å². The SMILES string of the molecule is COc1cccc(CC(=O)N2CCC[C@H](c3cc(-c4cccc(OC)c4)cc(C)n3)C2)c1. The Kier molecular flexibility index (Phi) is 6.74. The van der Waals surface area contributed by atoms with E-state index in [2.05, 4.69) is 18.2 Å². The molecule has 1 saturated heterocycles. The van der Waals surface area contributed by atoms with E-state index in [-0.39, 0.29) is 11.8 Å². The van der Waals surface area contributed by atoms with Gasteiger partial charge in [-0.3, -0.25) is 9.78 Å². The van der Waals surface area contributed by atoms with Crippen LogP contribution in [0.2, 0.25) is 0 Å². The molecule has 2 heterocycles. The number of piperidine rings is 1. The summed E-state index contributed by atoms with van der Waals surface area (Å²) in [4.78, 5) is 19.8. The minimum atomic E-state index is 0.156. The second-order valence-electron chi connectivity index (χ2n) is 8.36. The van der Waals surface area contributed by atoms with Crippen LogP contribution in [-0.2, 0) is 11.2 Å². The molecule has 1 aliphatic rings. The van der Waals surface area contributed by atoms with Gasteiger partial charge in [-0.05, 0) is 72.9 Å². The predicted octanol–water partition coefficient (Wildman–Crippen LogP) is 5.02. The summed E-state index contributed by atoms with van der Waals surface area (Å²) in [5.41, 5.74) is 5.26. The van der Waals surface area contributed by atoms with Crippen LogP contribution in [0, 0.1) is 6.92 Å². The number of amides is 1. The number of methoxy groups -OCH3 is 2. The number of carbonyl (C=O) groups excluding carboxylic acids is 1. The van der Waals surface area contributed by atoms with Crippen molar-refractivity contribution in [2.75, 3.05) is 27.3 Å². The molecule has 0 spiro atoms. The maximum absolute atomic E-state index is 13.0. The van der Waals surface area contributed by atoms with Gasteiger partial charge in [0.05, 0.1) is 20.6 Å². The molecule has 166 valence electrons. The summed E-state index contributed by atoms with van der Waals surface area (Å²) in [5, 5.41) is 0. The summed E-state index contributed by atoms with van der Waals surface area (Å²) in [5.74, 6) is 2.01. The van der Waals surface area contributed by atoms with Crippen LogP contribution in [0.3, 0.4) is 0 Å². The lowest BCUT2D eigenvalue weighted by atomic mass is 9.92. The topological polar surface area (TPSA) is 51.7 Å². The smallest absolute Gasteiger partial charge is 0.227 e. The average Bonchev–Trinajstić information content (AvgIpc) is 2.84. The van der Waals surface area contributed by atoms with Crippen molar-refractivity contribution in [2.45, 2.75) is 32.1 Å². The first kappa shape index (κ1) is 21.9. The van der Waals surface area contributed by atoms with E-state index in [1.54, 1.807) is 14.2 Å². The normalized spacial score (nSPS) is 16.0. The number of pyridine rings is 1. The Balaban J connectivity index is 1.51. The number of ether oxygens (including phenoxy) is 2. The third-order valence-corrected chi connectivity index (χ3v) is 6.06. The fraction of sp³-hybridized carbons (Fsp3) is 0.333. The average molecular weight is 431 g/mol. The van der Waals surface area contributed by atoms with Gasteiger partial charge in [0.15, 0.2) is 0 Å². The fourth-order valence-corrected chi connectivity index (χ4v) is 4.39. The number of aromatic nitrogens is 1. The van der Waals surface area contributed by atoms with Gasteiger partial charge in [-0.25, -0.2) is 0 Å². The first-order valence-corrected chi connectivity index (χ1v) is 11.1. The van der Waals surface area contributed by atoms with Crippen molar-refractivity contribution in [1.29, 1.82) is 0 Å². The van der Waals surface area contributed by atoms with Crippen LogP contribution >= 0.6 is 0 Å². The zero-order valence-corrected chi connectivity index (χ0v) is 19.0. The summed E-state index contributed by atoms with van der Waals surface area (Å²) in [6, 6.07) is 20.1. The number of hydrogen-bond donors (Lipinski definition) is 0. The number of aryl methyl sites for hydroxylation is 1. The van der Waals surface area contributed by atoms with Gasteiger partial charge in [-0.2, -0.15) is 0 Å². The van der Waals surface area contributed by atoms with Crippen molar-refractivity contribution in [3.63, 3.8) is 0 Å². The third-order valence-electron chi connectivity index (χ3n) is 6.06. The van der Waals surface area contributed by atoms with E-state index in [9.17, 15) is 4.79 Å². The van der Waals surface area contributed by atoms with Crippen LogP contribution in [0.25, 0.3) is 11.1 Å². The minimum Gasteiger partial charge on any atom is -0.497 e. The summed E-state index contributed by atoms with van der Waals surface area (Å²) in [7, 11) is 3.33. The van der Waals surface area contributed by atoms with Gasteiger partial charge in [-0.1, -0.05) is 24.3 Å². The Hall–Kier alpha value is -3.34. The summed E-state index contributed by atoms with van der Waals surface area (Å²) in [6.07, 6.45) is 2.41. The molecule has 0 N–H and O–H groups in total. The second-order valence-corrected chi connectivity index (χ2v) is 8.36. The number of hydrogen-bond acceptors (Lipinski definition) is 4. The molecule has 0 radical (unpaired) electrons. The molecule has 5 nitrogen and oxygen atoms in total. The molecule has 0 bridgehead atoms. The monoisotopic (exact) mass is 430 g/mol. The van der Waals surface area contributed by atoms with Crippen molar-refractivity contribution >= 4 is 5.91 Å². The quantitative estimate of drug-likeness (QED) is 0.551. The maximum Gasteiger partial charge on any atom is 0.227 e. The Bertz CT molecular complexity index is 1100. The Morgan fingerprint density at radius 2 is 1.75 bits per heavy atom. The standard InChI is InChI=1S/C27H30N2O3/c1-19-13-23(21-8-5-11-25(16-21)32-3)17-26(28-19)22-9-6-12-29(18-22)27(30)15-20-7-4-10-24(14-20)31-2/h4-5,7-8,10-11,13-14,16-17,22H,6,9,12,15,18H2,1-3H3/t22-/m0/s1. The third kappa shape index (κ3) is 5.10. The first-order chi connectivity index (χ1) is 15.6. The van der Waals surface area contributed by atoms with Crippen LogP contribution in [0.1, 0.15) is 35.7 Å². The lowest BCUT2D eigenvalue weighted by molar-refractivity contribution is -0.131. The highest BCUT2D eigenvalue weighted by atomic mass is 16.5. The lowest BCUT2D eigenvalue weighted by Gasteiger charge is -2.33. The molecule has 0 unspecified atom stereocenters. The predicted molar refractivity (Wildman–Crippen MR) is 126 cm³/mol. The Morgan fingerprint density at radius 1 is 1.00 bits per heavy atom. The number of nitrogens with zero attached hydrogens (tertiary/aromatic N) is 2. The number of likely N-dealkylation sites (tertiary alicyclic amines) is 1. The van der Waals surface area contributed by atoms with Gasteiger partial charge in [0, 0.05) is 30.4 Å². The summed E-state index contributed by atoms with van der Waals surface area (Å²) >= 11 is 0. The highest BCUT2D eigenvalue weighted by molar-refractivity contribution is 5.79. The van der Waals surface area contributed by atoms with Crippen LogP contribution in [0.5, 0.6) is 11.5 Å². The molecular weight excluding hydrogens is 400 g/mol. The molecule has 2 aromatic carbocycles. The zero-order valence-electron chi connectivity index (χ0n) is 19.0. The molecule has 5 heteroatoms. The number of rotatable bonds is 6. The first-order valence-electron chi connectivity index (χ1n) is 11.1.